The predicted molar refractivity (Wildman–Crippen MR) is 161 cm³/mol. The van der Waals surface area contributed by atoms with Gasteiger partial charge in [0, 0.05) is 18.5 Å². The van der Waals surface area contributed by atoms with Gasteiger partial charge in [0.25, 0.3) is 5.91 Å². The molecule has 8 nitrogen and oxygen atoms in total. The molecule has 210 valence electrons. The highest BCUT2D eigenvalue weighted by Crippen LogP contribution is 2.38. The van der Waals surface area contributed by atoms with Crippen LogP contribution in [0.15, 0.2) is 46.9 Å². The molecule has 0 radical (unpaired) electrons. The Morgan fingerprint density at radius 2 is 1.59 bits per heavy atom. The molecule has 2 aromatic carbocycles. The van der Waals surface area contributed by atoms with Crippen molar-refractivity contribution >= 4 is 44.6 Å². The van der Waals surface area contributed by atoms with Gasteiger partial charge in [0.05, 0.1) is 16.6 Å². The van der Waals surface area contributed by atoms with E-state index in [1.165, 1.54) is 0 Å². The molecule has 0 aliphatic rings. The maximum absolute atomic E-state index is 12.3. The second kappa shape index (κ2) is 14.1. The molecule has 2 heterocycles. The molecule has 0 bridgehead atoms. The molecule has 0 saturated heterocycles. The zero-order chi connectivity index (χ0) is 27.6. The fourth-order valence-corrected chi connectivity index (χ4v) is 4.96. The zero-order valence-corrected chi connectivity index (χ0v) is 23.9. The second-order valence-corrected chi connectivity index (χ2v) is 9.77. The van der Waals surface area contributed by atoms with Crippen molar-refractivity contribution in [1.29, 1.82) is 0 Å². The third kappa shape index (κ3) is 7.19. The molecule has 39 heavy (non-hydrogen) atoms. The first kappa shape index (κ1) is 28.6. The van der Waals surface area contributed by atoms with E-state index in [1.807, 2.05) is 36.4 Å². The smallest absolute Gasteiger partial charge is 0.257 e. The number of anilines is 1. The number of benzene rings is 2. The summed E-state index contributed by atoms with van der Waals surface area (Å²) in [5.74, 6) is 0.499. The zero-order valence-electron chi connectivity index (χ0n) is 23.9. The minimum Gasteiger partial charge on any atom is -0.484 e. The minimum atomic E-state index is -0.119. The Morgan fingerprint density at radius 3 is 2.31 bits per heavy atom. The van der Waals surface area contributed by atoms with Crippen molar-refractivity contribution in [3.05, 3.63) is 42.5 Å². The molecule has 4 rings (SSSR count). The summed E-state index contributed by atoms with van der Waals surface area (Å²) < 4.78 is 12.2. The Bertz CT molecular complexity index is 1360. The van der Waals surface area contributed by atoms with Crippen LogP contribution < -0.4 is 15.4 Å². The first-order chi connectivity index (χ1) is 19.1. The van der Waals surface area contributed by atoms with Gasteiger partial charge in [-0.15, -0.1) is 0 Å². The first-order valence-electron chi connectivity index (χ1n) is 14.4. The summed E-state index contributed by atoms with van der Waals surface area (Å²) in [6.45, 7) is 16.4. The fraction of sp³-hybridized carbons (Fsp3) is 0.484. The summed E-state index contributed by atoms with van der Waals surface area (Å²) in [4.78, 5) is 22.0. The summed E-state index contributed by atoms with van der Waals surface area (Å²) in [7, 11) is 0. The van der Waals surface area contributed by atoms with Crippen LogP contribution in [0.2, 0.25) is 0 Å². The van der Waals surface area contributed by atoms with Crippen molar-refractivity contribution in [2.75, 3.05) is 64.3 Å². The molecule has 0 saturated carbocycles. The van der Waals surface area contributed by atoms with Gasteiger partial charge in [-0.3, -0.25) is 4.79 Å². The minimum absolute atomic E-state index is 0.0255. The van der Waals surface area contributed by atoms with Crippen LogP contribution in [-0.4, -0.2) is 79.7 Å². The number of hydrogen-bond donors (Lipinski definition) is 2. The predicted octanol–water partition coefficient (Wildman–Crippen LogP) is 5.50. The van der Waals surface area contributed by atoms with Crippen LogP contribution in [0.5, 0.6) is 5.75 Å². The topological polar surface area (TPSA) is 82.9 Å². The second-order valence-electron chi connectivity index (χ2n) is 9.77. The van der Waals surface area contributed by atoms with E-state index in [9.17, 15) is 4.79 Å². The highest BCUT2D eigenvalue weighted by Gasteiger charge is 2.17. The van der Waals surface area contributed by atoms with E-state index in [1.54, 1.807) is 0 Å². The lowest BCUT2D eigenvalue weighted by molar-refractivity contribution is -0.123. The third-order valence-electron chi connectivity index (χ3n) is 7.35. The molecule has 2 aromatic heterocycles. The van der Waals surface area contributed by atoms with Gasteiger partial charge < -0.3 is 29.6 Å². The number of nitrogens with zero attached hydrogens (tertiary/aromatic N) is 3. The number of hydrogen-bond acceptors (Lipinski definition) is 7. The van der Waals surface area contributed by atoms with Gasteiger partial charge in [-0.05, 0) is 76.4 Å². The number of carbonyl (C=O) groups excluding carboxylic acids is 1. The molecular formula is C31H43N5O3. The molecule has 4 aromatic rings. The van der Waals surface area contributed by atoms with Crippen LogP contribution in [0.4, 0.5) is 5.69 Å². The third-order valence-corrected chi connectivity index (χ3v) is 7.35. The highest BCUT2D eigenvalue weighted by atomic mass is 16.5. The van der Waals surface area contributed by atoms with Crippen molar-refractivity contribution in [3.8, 4) is 5.75 Å². The number of fused-ring (bicyclic) bond motifs is 4. The fourth-order valence-electron chi connectivity index (χ4n) is 4.96. The highest BCUT2D eigenvalue weighted by molar-refractivity contribution is 6.14. The average Bonchev–Trinajstić information content (AvgIpc) is 3.33. The normalized spacial score (nSPS) is 11.7. The lowest BCUT2D eigenvalue weighted by Gasteiger charge is -2.18. The number of carbonyl (C=O) groups is 1. The monoisotopic (exact) mass is 533 g/mol. The number of nitrogens with one attached hydrogen (secondary N) is 2. The van der Waals surface area contributed by atoms with E-state index in [0.717, 1.165) is 97.3 Å². The molecule has 0 unspecified atom stereocenters. The van der Waals surface area contributed by atoms with Crippen molar-refractivity contribution in [2.45, 2.75) is 40.5 Å². The van der Waals surface area contributed by atoms with Crippen LogP contribution in [0, 0.1) is 0 Å². The molecule has 8 heteroatoms. The van der Waals surface area contributed by atoms with Crippen molar-refractivity contribution in [1.82, 2.24) is 20.1 Å². The number of amides is 1. The van der Waals surface area contributed by atoms with E-state index in [2.05, 4.69) is 54.2 Å². The summed E-state index contributed by atoms with van der Waals surface area (Å²) >= 11 is 0. The quantitative estimate of drug-likeness (QED) is 0.184. The van der Waals surface area contributed by atoms with E-state index in [-0.39, 0.29) is 12.5 Å². The van der Waals surface area contributed by atoms with Crippen molar-refractivity contribution < 1.29 is 13.9 Å². The number of pyridine rings is 1. The SMILES string of the molecule is CCN(CC)CCCNC(=O)COc1ccc2oc3c(NCCCN(CC)CC)c4ccccc4nc3c2c1. The van der Waals surface area contributed by atoms with E-state index in [0.29, 0.717) is 12.3 Å². The molecule has 1 amide bonds. The summed E-state index contributed by atoms with van der Waals surface area (Å²) in [6.07, 6.45) is 1.96. The lowest BCUT2D eigenvalue weighted by atomic mass is 10.1. The Labute approximate surface area is 231 Å². The van der Waals surface area contributed by atoms with Gasteiger partial charge in [0.15, 0.2) is 12.2 Å². The van der Waals surface area contributed by atoms with Gasteiger partial charge in [-0.2, -0.15) is 0 Å². The summed E-state index contributed by atoms with van der Waals surface area (Å²) in [5, 5.41) is 8.51. The van der Waals surface area contributed by atoms with Gasteiger partial charge in [0.2, 0.25) is 0 Å². The number of furan rings is 1. The maximum Gasteiger partial charge on any atom is 0.257 e. The van der Waals surface area contributed by atoms with Crippen molar-refractivity contribution in [2.24, 2.45) is 0 Å². The molecule has 0 atom stereocenters. The largest absolute Gasteiger partial charge is 0.484 e. The van der Waals surface area contributed by atoms with Crippen LogP contribution in [0.3, 0.4) is 0 Å². The van der Waals surface area contributed by atoms with Crippen LogP contribution >= 0.6 is 0 Å². The molecular weight excluding hydrogens is 490 g/mol. The number of ether oxygens (including phenoxy) is 1. The van der Waals surface area contributed by atoms with Gasteiger partial charge in [-0.25, -0.2) is 4.98 Å². The average molecular weight is 534 g/mol. The van der Waals surface area contributed by atoms with Gasteiger partial charge in [-0.1, -0.05) is 45.9 Å². The summed E-state index contributed by atoms with van der Waals surface area (Å²) in [5.41, 5.74) is 4.16. The molecule has 0 fully saturated rings. The van der Waals surface area contributed by atoms with Crippen LogP contribution in [0.25, 0.3) is 33.0 Å². The Balaban J connectivity index is 1.47. The van der Waals surface area contributed by atoms with Crippen LogP contribution in [-0.2, 0) is 4.79 Å². The van der Waals surface area contributed by atoms with Crippen LogP contribution in [0.1, 0.15) is 40.5 Å². The first-order valence-corrected chi connectivity index (χ1v) is 14.4. The summed E-state index contributed by atoms with van der Waals surface area (Å²) in [6, 6.07) is 13.8. The maximum atomic E-state index is 12.3. The standard InChI is InChI=1S/C31H43N5O3/c1-5-35(6-2)19-11-17-32-28(37)22-38-23-15-16-27-25(21-23)30-31(39-27)29(24-13-9-10-14-26(24)34-30)33-18-12-20-36(7-3)8-4/h9-10,13-16,21H,5-8,11-12,17-20,22H2,1-4H3,(H,32,37)(H,33,34). The van der Waals surface area contributed by atoms with Gasteiger partial charge in [0.1, 0.15) is 16.8 Å². The lowest BCUT2D eigenvalue weighted by Crippen LogP contribution is -2.32. The Morgan fingerprint density at radius 1 is 0.897 bits per heavy atom. The Kier molecular flexibility index (Phi) is 10.4. The van der Waals surface area contributed by atoms with Gasteiger partial charge >= 0.3 is 0 Å². The molecule has 0 aliphatic heterocycles. The van der Waals surface area contributed by atoms with Crippen molar-refractivity contribution in [3.63, 3.8) is 0 Å². The number of rotatable bonds is 16. The molecule has 2 N–H and O–H groups in total. The number of para-hydroxylation sites is 1. The van der Waals surface area contributed by atoms with E-state index >= 15 is 0 Å². The van der Waals surface area contributed by atoms with E-state index in [4.69, 9.17) is 14.1 Å². The molecule has 0 aliphatic carbocycles. The molecule has 0 spiro atoms. The van der Waals surface area contributed by atoms with E-state index < -0.39 is 0 Å². The Hall–Kier alpha value is -3.36. The number of aromatic nitrogens is 1.